The second-order valence-corrected chi connectivity index (χ2v) is 5.85. The van der Waals surface area contributed by atoms with Crippen LogP contribution >= 0.6 is 0 Å². The first-order chi connectivity index (χ1) is 10.6. The molecule has 1 aliphatic rings. The second-order valence-electron chi connectivity index (χ2n) is 5.85. The summed E-state index contributed by atoms with van der Waals surface area (Å²) in [5.41, 5.74) is 2.72. The molecule has 1 N–H and O–H groups in total. The molecule has 0 bridgehead atoms. The molecule has 0 saturated heterocycles. The Bertz CT molecular complexity index is 672. The van der Waals surface area contributed by atoms with Gasteiger partial charge in [-0.3, -0.25) is 9.78 Å². The molecule has 1 amide bonds. The van der Waals surface area contributed by atoms with Gasteiger partial charge in [-0.25, -0.2) is 9.97 Å². The fourth-order valence-corrected chi connectivity index (χ4v) is 2.57. The molecule has 22 heavy (non-hydrogen) atoms. The summed E-state index contributed by atoms with van der Waals surface area (Å²) in [5, 5.41) is 3.00. The average Bonchev–Trinajstić information content (AvgIpc) is 3.25. The van der Waals surface area contributed by atoms with E-state index in [0.29, 0.717) is 18.9 Å². The zero-order chi connectivity index (χ0) is 15.5. The number of hydrogen-bond acceptors (Lipinski definition) is 4. The Morgan fingerprint density at radius 3 is 2.86 bits per heavy atom. The van der Waals surface area contributed by atoms with E-state index in [4.69, 9.17) is 0 Å². The SMILES string of the molecule is Cc1ncc(-c2ccccn2)c(CCNC(=O)[C@H]2C[C@H]2C)n1. The quantitative estimate of drug-likeness (QED) is 0.918. The van der Waals surface area contributed by atoms with E-state index in [1.165, 1.54) is 0 Å². The number of pyridine rings is 1. The smallest absolute Gasteiger partial charge is 0.223 e. The Morgan fingerprint density at radius 2 is 2.18 bits per heavy atom. The summed E-state index contributed by atoms with van der Waals surface area (Å²) in [6.07, 6.45) is 5.26. The number of rotatable bonds is 5. The van der Waals surface area contributed by atoms with E-state index >= 15 is 0 Å². The van der Waals surface area contributed by atoms with E-state index in [9.17, 15) is 4.79 Å². The summed E-state index contributed by atoms with van der Waals surface area (Å²) >= 11 is 0. The molecule has 5 nitrogen and oxygen atoms in total. The Balaban J connectivity index is 1.70. The van der Waals surface area contributed by atoms with Gasteiger partial charge in [-0.15, -0.1) is 0 Å². The fourth-order valence-electron chi connectivity index (χ4n) is 2.57. The molecule has 0 spiro atoms. The predicted molar refractivity (Wildman–Crippen MR) is 84.0 cm³/mol. The topological polar surface area (TPSA) is 67.8 Å². The van der Waals surface area contributed by atoms with Gasteiger partial charge in [-0.2, -0.15) is 0 Å². The Hall–Kier alpha value is -2.30. The van der Waals surface area contributed by atoms with Crippen molar-refractivity contribution in [1.82, 2.24) is 20.3 Å². The van der Waals surface area contributed by atoms with Crippen molar-refractivity contribution in [3.05, 3.63) is 42.1 Å². The van der Waals surface area contributed by atoms with Crippen LogP contribution < -0.4 is 5.32 Å². The van der Waals surface area contributed by atoms with Crippen molar-refractivity contribution >= 4 is 5.91 Å². The Morgan fingerprint density at radius 1 is 1.36 bits per heavy atom. The molecule has 0 aromatic carbocycles. The molecule has 5 heteroatoms. The van der Waals surface area contributed by atoms with Crippen LogP contribution in [0, 0.1) is 18.8 Å². The molecule has 0 unspecified atom stereocenters. The van der Waals surface area contributed by atoms with E-state index in [2.05, 4.69) is 27.2 Å². The molecule has 1 aliphatic carbocycles. The van der Waals surface area contributed by atoms with Gasteiger partial charge in [-0.1, -0.05) is 13.0 Å². The molecular formula is C17H20N4O. The summed E-state index contributed by atoms with van der Waals surface area (Å²) < 4.78 is 0. The Kier molecular flexibility index (Phi) is 4.13. The summed E-state index contributed by atoms with van der Waals surface area (Å²) in [7, 11) is 0. The van der Waals surface area contributed by atoms with Gasteiger partial charge in [-0.05, 0) is 31.4 Å². The number of carbonyl (C=O) groups excluding carboxylic acids is 1. The fraction of sp³-hybridized carbons (Fsp3) is 0.412. The summed E-state index contributed by atoms with van der Waals surface area (Å²) in [5.74, 6) is 1.64. The van der Waals surface area contributed by atoms with Crippen LogP contribution in [-0.2, 0) is 11.2 Å². The number of aromatic nitrogens is 3. The van der Waals surface area contributed by atoms with E-state index in [1.807, 2.05) is 31.3 Å². The van der Waals surface area contributed by atoms with E-state index in [1.54, 1.807) is 6.20 Å². The van der Waals surface area contributed by atoms with Crippen molar-refractivity contribution in [2.24, 2.45) is 11.8 Å². The molecule has 0 radical (unpaired) electrons. The minimum Gasteiger partial charge on any atom is -0.355 e. The van der Waals surface area contributed by atoms with Crippen LogP contribution in [0.1, 0.15) is 24.9 Å². The largest absolute Gasteiger partial charge is 0.355 e. The van der Waals surface area contributed by atoms with Crippen LogP contribution in [0.5, 0.6) is 0 Å². The molecule has 2 aromatic rings. The van der Waals surface area contributed by atoms with Gasteiger partial charge >= 0.3 is 0 Å². The lowest BCUT2D eigenvalue weighted by Gasteiger charge is -2.09. The van der Waals surface area contributed by atoms with E-state index in [-0.39, 0.29) is 11.8 Å². The van der Waals surface area contributed by atoms with Gasteiger partial charge in [0.25, 0.3) is 0 Å². The number of aryl methyl sites for hydroxylation is 1. The van der Waals surface area contributed by atoms with E-state index in [0.717, 1.165) is 29.2 Å². The third-order valence-electron chi connectivity index (χ3n) is 4.04. The maximum Gasteiger partial charge on any atom is 0.223 e. The van der Waals surface area contributed by atoms with Crippen molar-refractivity contribution in [3.8, 4) is 11.3 Å². The van der Waals surface area contributed by atoms with Crippen molar-refractivity contribution in [2.75, 3.05) is 6.54 Å². The standard InChI is InChI=1S/C17H20N4O/c1-11-9-13(11)17(22)19-8-6-16-14(10-20-12(2)21-16)15-5-3-4-7-18-15/h3-5,7,10-11,13H,6,8-9H2,1-2H3,(H,19,22)/t11-,13+/m1/s1. The summed E-state index contributed by atoms with van der Waals surface area (Å²) in [6, 6.07) is 5.78. The van der Waals surface area contributed by atoms with Gasteiger partial charge < -0.3 is 5.32 Å². The first-order valence-corrected chi connectivity index (χ1v) is 7.67. The molecule has 0 aliphatic heterocycles. The highest BCUT2D eigenvalue weighted by molar-refractivity contribution is 5.81. The lowest BCUT2D eigenvalue weighted by molar-refractivity contribution is -0.122. The maximum atomic E-state index is 11.9. The van der Waals surface area contributed by atoms with Crippen LogP contribution in [-0.4, -0.2) is 27.4 Å². The van der Waals surface area contributed by atoms with Gasteiger partial charge in [0.1, 0.15) is 5.82 Å². The van der Waals surface area contributed by atoms with Crippen molar-refractivity contribution in [2.45, 2.75) is 26.7 Å². The average molecular weight is 296 g/mol. The molecule has 2 heterocycles. The third-order valence-corrected chi connectivity index (χ3v) is 4.04. The predicted octanol–water partition coefficient (Wildman–Crippen LogP) is 2.16. The lowest BCUT2D eigenvalue weighted by atomic mass is 10.1. The first-order valence-electron chi connectivity index (χ1n) is 7.67. The van der Waals surface area contributed by atoms with Crippen molar-refractivity contribution in [1.29, 1.82) is 0 Å². The maximum absolute atomic E-state index is 11.9. The number of nitrogens with one attached hydrogen (secondary N) is 1. The third kappa shape index (κ3) is 3.30. The molecule has 2 aromatic heterocycles. The minimum absolute atomic E-state index is 0.165. The van der Waals surface area contributed by atoms with Crippen LogP contribution in [0.3, 0.4) is 0 Å². The molecular weight excluding hydrogens is 276 g/mol. The number of amides is 1. The van der Waals surface area contributed by atoms with E-state index < -0.39 is 0 Å². The summed E-state index contributed by atoms with van der Waals surface area (Å²) in [4.78, 5) is 25.0. The number of nitrogens with zero attached hydrogens (tertiary/aromatic N) is 3. The van der Waals surface area contributed by atoms with Crippen molar-refractivity contribution in [3.63, 3.8) is 0 Å². The first kappa shape index (κ1) is 14.6. The highest BCUT2D eigenvalue weighted by atomic mass is 16.2. The van der Waals surface area contributed by atoms with Gasteiger partial charge in [0.05, 0.1) is 11.4 Å². The summed E-state index contributed by atoms with van der Waals surface area (Å²) in [6.45, 7) is 4.58. The minimum atomic E-state index is 0.165. The number of hydrogen-bond donors (Lipinski definition) is 1. The van der Waals surface area contributed by atoms with Crippen LogP contribution in [0.15, 0.2) is 30.6 Å². The monoisotopic (exact) mass is 296 g/mol. The zero-order valence-electron chi connectivity index (χ0n) is 12.9. The van der Waals surface area contributed by atoms with Crippen molar-refractivity contribution < 1.29 is 4.79 Å². The van der Waals surface area contributed by atoms with Crippen LogP contribution in [0.2, 0.25) is 0 Å². The molecule has 114 valence electrons. The second kappa shape index (κ2) is 6.22. The molecule has 1 saturated carbocycles. The molecule has 2 atom stereocenters. The van der Waals surface area contributed by atoms with Gasteiger partial charge in [0, 0.05) is 36.8 Å². The zero-order valence-corrected chi connectivity index (χ0v) is 12.9. The molecule has 1 fully saturated rings. The highest BCUT2D eigenvalue weighted by Crippen LogP contribution is 2.37. The van der Waals surface area contributed by atoms with Gasteiger partial charge in [0.2, 0.25) is 5.91 Å². The molecule has 3 rings (SSSR count). The van der Waals surface area contributed by atoms with Gasteiger partial charge in [0.15, 0.2) is 0 Å². The normalized spacial score (nSPS) is 19.7. The van der Waals surface area contributed by atoms with Crippen LogP contribution in [0.25, 0.3) is 11.3 Å². The number of carbonyl (C=O) groups is 1. The van der Waals surface area contributed by atoms with Crippen LogP contribution in [0.4, 0.5) is 0 Å². The lowest BCUT2D eigenvalue weighted by Crippen LogP contribution is -2.28. The highest BCUT2D eigenvalue weighted by Gasteiger charge is 2.38. The Labute approximate surface area is 130 Å².